The Hall–Kier alpha value is -11.4. The highest BCUT2D eigenvalue weighted by Crippen LogP contribution is 2.15. The van der Waals surface area contributed by atoms with Gasteiger partial charge < -0.3 is 149 Å². The third-order valence-electron chi connectivity index (χ3n) is 19.1. The minimum atomic E-state index is -1.92. The van der Waals surface area contributed by atoms with E-state index in [4.69, 9.17) is 22.3 Å². The Morgan fingerprint density at radius 3 is 1.07 bits per heavy atom. The average molecular weight is 1790 g/mol. The molecule has 0 aromatic rings. The van der Waals surface area contributed by atoms with E-state index in [1.54, 1.807) is 41.5 Å². The standard InChI is InChI=1S/C76H133N21O28/c1-15-37(8)58(74(122)95-57(36(6)7)73(121)91-48(28-34(2)3)68(116)96-59(42(13)100)71(119)82-31-52(103)87-49(32-98)69(117)86-40(11)63(111)83-39(10)62(110)84-41(12)64(112)90-47(76(124)125)21-17-19-27-78)93-53(104)30-80-51(102)29-81-61(109)38(9)85-70(118)50(33-99)92-66(114)45(20-16-18-26-77)88-75(123)60(43(14)101)97-67(115)46(23-25-55(107)108)89-72(120)56(35(4)5)94-65(113)44(79)22-24-54(105)106/h34-50,56-60,98-101H,15-33,77-79H2,1-14H3,(H,80,102)(H,81,109)(H,82,119)(H,83,111)(H,84,110)(H,85,118)(H,86,117)(H,87,103)(H,88,123)(H,89,120)(H,90,112)(H,91,121)(H,92,114)(H,93,104)(H,94,113)(H,95,122)(H,96,116)(H,97,115)(H,105,106)(H,107,108)(H,124,125)/t37-,38-,39-,40-,41-,42+,43+,44-,45-,46-,47-,48-,49-,50-,56-,57-,58-,59-,60-/m0/s1. The molecule has 710 valence electrons. The Labute approximate surface area is 723 Å². The van der Waals surface area contributed by atoms with Crippen molar-refractivity contribution in [2.45, 2.75) is 283 Å². The number of carbonyl (C=O) groups is 21. The van der Waals surface area contributed by atoms with Gasteiger partial charge in [-0.25, -0.2) is 4.79 Å². The van der Waals surface area contributed by atoms with Crippen LogP contribution in [0.3, 0.4) is 0 Å². The second kappa shape index (κ2) is 58.7. The number of carboxylic acid groups (broad SMARTS) is 3. The van der Waals surface area contributed by atoms with Gasteiger partial charge in [-0.05, 0) is 136 Å². The van der Waals surface area contributed by atoms with Gasteiger partial charge in [0.15, 0.2) is 0 Å². The highest BCUT2D eigenvalue weighted by Gasteiger charge is 2.40. The Balaban J connectivity index is 6.00. The lowest BCUT2D eigenvalue weighted by Crippen LogP contribution is -2.62. The van der Waals surface area contributed by atoms with Crippen molar-refractivity contribution < 1.29 is 136 Å². The summed E-state index contributed by atoms with van der Waals surface area (Å²) in [6, 6.07) is -24.3. The highest BCUT2D eigenvalue weighted by molar-refractivity contribution is 6.01. The summed E-state index contributed by atoms with van der Waals surface area (Å²) in [6.45, 7) is 15.6. The van der Waals surface area contributed by atoms with Crippen LogP contribution in [0.4, 0.5) is 0 Å². The Kier molecular flexibility index (Phi) is 53.3. The number of nitrogens with two attached hydrogens (primary N) is 3. The second-order valence-electron chi connectivity index (χ2n) is 31.3. The van der Waals surface area contributed by atoms with Crippen molar-refractivity contribution in [3.63, 3.8) is 0 Å². The maximum atomic E-state index is 14.1. The number of carbonyl (C=O) groups excluding carboxylic acids is 18. The number of aliphatic hydroxyl groups is 4. The first-order chi connectivity index (χ1) is 58.3. The molecule has 0 unspecified atom stereocenters. The second-order valence-corrected chi connectivity index (χ2v) is 31.3. The molecule has 0 fully saturated rings. The quantitative estimate of drug-likeness (QED) is 0.0251. The fraction of sp³-hybridized carbons (Fsp3) is 0.724. The van der Waals surface area contributed by atoms with Crippen molar-refractivity contribution in [1.29, 1.82) is 0 Å². The topological polar surface area (TPSA) is 795 Å². The first-order valence-corrected chi connectivity index (χ1v) is 41.1. The van der Waals surface area contributed by atoms with Crippen molar-refractivity contribution >= 4 is 124 Å². The van der Waals surface area contributed by atoms with Crippen LogP contribution in [-0.2, 0) is 101 Å². The van der Waals surface area contributed by atoms with Crippen molar-refractivity contribution in [2.24, 2.45) is 40.9 Å². The van der Waals surface area contributed by atoms with Gasteiger partial charge in [0, 0.05) is 12.8 Å². The van der Waals surface area contributed by atoms with E-state index in [1.807, 2.05) is 0 Å². The number of amides is 18. The predicted octanol–water partition coefficient (Wildman–Crippen LogP) is -10.8. The van der Waals surface area contributed by atoms with E-state index in [-0.39, 0.29) is 57.4 Å². The van der Waals surface area contributed by atoms with Crippen LogP contribution in [0, 0.1) is 23.7 Å². The van der Waals surface area contributed by atoms with Crippen molar-refractivity contribution in [3.05, 3.63) is 0 Å². The van der Waals surface area contributed by atoms with Crippen LogP contribution >= 0.6 is 0 Å². The number of aliphatic carboxylic acids is 3. The summed E-state index contributed by atoms with van der Waals surface area (Å²) in [4.78, 5) is 276. The van der Waals surface area contributed by atoms with Crippen molar-refractivity contribution in [3.8, 4) is 0 Å². The van der Waals surface area contributed by atoms with Gasteiger partial charge in [0.05, 0.1) is 51.1 Å². The first kappa shape index (κ1) is 114. The van der Waals surface area contributed by atoms with E-state index in [0.29, 0.717) is 19.4 Å². The van der Waals surface area contributed by atoms with Crippen molar-refractivity contribution in [1.82, 2.24) is 95.7 Å². The lowest BCUT2D eigenvalue weighted by molar-refractivity contribution is -0.142. The van der Waals surface area contributed by atoms with E-state index >= 15 is 0 Å². The molecular weight excluding hydrogens is 1650 g/mol. The Morgan fingerprint density at radius 1 is 0.304 bits per heavy atom. The van der Waals surface area contributed by atoms with Gasteiger partial charge in [-0.2, -0.15) is 0 Å². The molecule has 49 nitrogen and oxygen atoms in total. The summed E-state index contributed by atoms with van der Waals surface area (Å²) in [5.41, 5.74) is 16.9. The normalized spacial score (nSPS) is 15.7. The van der Waals surface area contributed by atoms with Gasteiger partial charge in [0.25, 0.3) is 0 Å². The molecule has 49 heteroatoms. The van der Waals surface area contributed by atoms with Crippen LogP contribution in [0.2, 0.25) is 0 Å². The zero-order chi connectivity index (χ0) is 96.0. The van der Waals surface area contributed by atoms with Crippen LogP contribution in [0.15, 0.2) is 0 Å². The minimum absolute atomic E-state index is 0.0825. The summed E-state index contributed by atoms with van der Waals surface area (Å²) in [5, 5.41) is 112. The number of hydrogen-bond donors (Lipinski definition) is 28. The molecule has 125 heavy (non-hydrogen) atoms. The third-order valence-corrected chi connectivity index (χ3v) is 19.1. The lowest BCUT2D eigenvalue weighted by atomic mass is 9.96. The molecule has 0 aliphatic rings. The lowest BCUT2D eigenvalue weighted by Gasteiger charge is -2.30. The summed E-state index contributed by atoms with van der Waals surface area (Å²) in [6.07, 6.45) is -4.05. The van der Waals surface area contributed by atoms with Gasteiger partial charge in [0.1, 0.15) is 90.6 Å². The van der Waals surface area contributed by atoms with Crippen LogP contribution in [0.1, 0.15) is 174 Å². The maximum Gasteiger partial charge on any atom is 0.326 e. The number of carboxylic acids is 3. The van der Waals surface area contributed by atoms with Gasteiger partial charge >= 0.3 is 17.9 Å². The molecule has 0 aromatic heterocycles. The average Bonchev–Trinajstić information content (AvgIpc) is 0.850. The molecule has 0 rings (SSSR count). The largest absolute Gasteiger partial charge is 0.481 e. The predicted molar refractivity (Wildman–Crippen MR) is 442 cm³/mol. The Bertz CT molecular complexity index is 3670. The van der Waals surface area contributed by atoms with E-state index in [9.17, 15) is 131 Å². The third kappa shape index (κ3) is 43.7. The van der Waals surface area contributed by atoms with Crippen LogP contribution in [0.25, 0.3) is 0 Å². The van der Waals surface area contributed by atoms with Gasteiger partial charge in [-0.3, -0.25) is 95.9 Å². The number of rotatable bonds is 61. The summed E-state index contributed by atoms with van der Waals surface area (Å²) >= 11 is 0. The maximum absolute atomic E-state index is 14.1. The molecule has 18 amide bonds. The molecule has 0 radical (unpaired) electrons. The molecule has 0 spiro atoms. The van der Waals surface area contributed by atoms with Crippen LogP contribution < -0.4 is 113 Å². The number of aliphatic hydroxyl groups excluding tert-OH is 4. The van der Waals surface area contributed by atoms with Gasteiger partial charge in [-0.15, -0.1) is 0 Å². The fourth-order valence-corrected chi connectivity index (χ4v) is 11.4. The smallest absolute Gasteiger partial charge is 0.326 e. The number of hydrogen-bond acceptors (Lipinski definition) is 28. The SMILES string of the molecule is CC[C@H](C)[C@H](NC(=O)CNC(=O)CNC(=O)[C@H](C)NC(=O)[C@H](CO)NC(=O)[C@H](CCCCN)NC(=O)[C@@H](NC(=O)[C@H](CCC(=O)O)NC(=O)[C@@H](NC(=O)[C@@H](N)CCC(=O)O)C(C)C)[C@@H](C)O)C(=O)N[C@H](C(=O)N[C@@H](CC(C)C)C(=O)N[C@H](C(=O)NCC(=O)N[C@@H](CO)C(=O)N[C@@H](C)C(=O)N[C@@H](C)C(=O)N[C@@H](C)C(=O)N[C@@H](CCCCN)C(=O)O)[C@@H](C)O)C(C)C. The molecule has 0 bridgehead atoms. The molecule has 0 saturated heterocycles. The van der Waals surface area contributed by atoms with Gasteiger partial charge in [0.2, 0.25) is 106 Å². The molecule has 0 heterocycles. The molecule has 0 saturated carbocycles. The molecule has 0 aromatic carbocycles. The first-order valence-electron chi connectivity index (χ1n) is 41.1. The summed E-state index contributed by atoms with van der Waals surface area (Å²) in [5.74, 6) is -24.5. The number of nitrogens with one attached hydrogen (secondary N) is 18. The van der Waals surface area contributed by atoms with Gasteiger partial charge in [-0.1, -0.05) is 61.8 Å². The van der Waals surface area contributed by atoms with Crippen molar-refractivity contribution in [2.75, 3.05) is 45.9 Å². The van der Waals surface area contributed by atoms with Crippen LogP contribution in [-0.4, -0.2) is 315 Å². The fourth-order valence-electron chi connectivity index (χ4n) is 11.4. The van der Waals surface area contributed by atoms with E-state index in [2.05, 4.69) is 95.7 Å². The highest BCUT2D eigenvalue weighted by atomic mass is 16.4. The molecule has 31 N–H and O–H groups in total. The van der Waals surface area contributed by atoms with E-state index < -0.39 is 303 Å². The summed E-state index contributed by atoms with van der Waals surface area (Å²) in [7, 11) is 0. The van der Waals surface area contributed by atoms with Crippen LogP contribution in [0.5, 0.6) is 0 Å². The summed E-state index contributed by atoms with van der Waals surface area (Å²) < 4.78 is 0. The van der Waals surface area contributed by atoms with E-state index in [1.165, 1.54) is 34.6 Å². The monoisotopic (exact) mass is 1790 g/mol. The molecular formula is C76H133N21O28. The minimum Gasteiger partial charge on any atom is -0.481 e. The Morgan fingerprint density at radius 2 is 0.632 bits per heavy atom. The molecule has 19 atom stereocenters. The molecule has 0 aliphatic carbocycles. The zero-order valence-corrected chi connectivity index (χ0v) is 73.1. The number of unbranched alkanes of at least 4 members (excludes halogenated alkanes) is 2. The zero-order valence-electron chi connectivity index (χ0n) is 73.1. The molecule has 0 aliphatic heterocycles. The van der Waals surface area contributed by atoms with E-state index in [0.717, 1.165) is 20.8 Å².